The van der Waals surface area contributed by atoms with Crippen molar-refractivity contribution in [1.29, 1.82) is 0 Å². The van der Waals surface area contributed by atoms with Gasteiger partial charge in [-0.3, -0.25) is 14.6 Å². The molecule has 2 aromatic heterocycles. The monoisotopic (exact) mass is 411 g/mol. The molecular formula is C21H25N5O4. The zero-order chi connectivity index (χ0) is 20.9. The normalized spacial score (nSPS) is 16.2. The molecule has 0 bridgehead atoms. The molecule has 1 fully saturated rings. The van der Waals surface area contributed by atoms with E-state index in [1.54, 1.807) is 18.0 Å². The number of carbonyl (C=O) groups excluding carboxylic acids is 2. The first-order valence-electron chi connectivity index (χ1n) is 10.2. The molecule has 1 amide bonds. The average Bonchev–Trinajstić information content (AvgIpc) is 2.79. The average molecular weight is 411 g/mol. The highest BCUT2D eigenvalue weighted by Crippen LogP contribution is 2.30. The van der Waals surface area contributed by atoms with Crippen molar-refractivity contribution in [3.8, 4) is 11.5 Å². The fourth-order valence-electron chi connectivity index (χ4n) is 3.70. The lowest BCUT2D eigenvalue weighted by Gasteiger charge is -2.34. The number of aromatic nitrogens is 3. The van der Waals surface area contributed by atoms with Crippen molar-refractivity contribution >= 4 is 17.7 Å². The predicted octanol–water partition coefficient (Wildman–Crippen LogP) is 1.21. The van der Waals surface area contributed by atoms with Crippen molar-refractivity contribution in [2.75, 3.05) is 44.4 Å². The summed E-state index contributed by atoms with van der Waals surface area (Å²) in [4.78, 5) is 42.2. The van der Waals surface area contributed by atoms with Crippen molar-refractivity contribution < 1.29 is 19.1 Å². The molecule has 4 heterocycles. The molecule has 9 nitrogen and oxygen atoms in total. The van der Waals surface area contributed by atoms with Crippen LogP contribution in [0.15, 0.2) is 24.4 Å². The number of ether oxygens (including phenoxy) is 2. The van der Waals surface area contributed by atoms with Crippen LogP contribution >= 0.6 is 0 Å². The summed E-state index contributed by atoms with van der Waals surface area (Å²) in [7, 11) is 0. The van der Waals surface area contributed by atoms with E-state index in [4.69, 9.17) is 19.4 Å². The molecule has 0 unspecified atom stereocenters. The molecule has 4 rings (SSSR count). The van der Waals surface area contributed by atoms with Crippen molar-refractivity contribution in [2.45, 2.75) is 26.3 Å². The Morgan fingerprint density at radius 2 is 2.00 bits per heavy atom. The molecule has 9 heteroatoms. The number of hydrogen-bond donors (Lipinski definition) is 0. The van der Waals surface area contributed by atoms with Gasteiger partial charge in [0.05, 0.1) is 32.1 Å². The summed E-state index contributed by atoms with van der Waals surface area (Å²) in [5.41, 5.74) is 2.57. The smallest absolute Gasteiger partial charge is 0.315 e. The maximum Gasteiger partial charge on any atom is 0.315 e. The molecule has 158 valence electrons. The highest BCUT2D eigenvalue weighted by atomic mass is 16.5. The number of esters is 1. The van der Waals surface area contributed by atoms with Crippen LogP contribution in [0.3, 0.4) is 0 Å². The molecule has 0 aromatic carbocycles. The molecule has 1 saturated heterocycles. The minimum Gasteiger partial charge on any atom is -0.466 e. The van der Waals surface area contributed by atoms with Gasteiger partial charge in [-0.1, -0.05) is 6.07 Å². The van der Waals surface area contributed by atoms with E-state index in [0.29, 0.717) is 38.5 Å². The summed E-state index contributed by atoms with van der Waals surface area (Å²) in [6.45, 7) is 5.58. The molecule has 30 heavy (non-hydrogen) atoms. The number of rotatable bonds is 5. The molecule has 0 radical (unpaired) electrons. The Balaban J connectivity index is 1.64. The molecule has 0 N–H and O–H groups in total. The van der Waals surface area contributed by atoms with Gasteiger partial charge in [-0.15, -0.1) is 0 Å². The molecule has 0 atom stereocenters. The number of pyridine rings is 1. The van der Waals surface area contributed by atoms with E-state index >= 15 is 0 Å². The van der Waals surface area contributed by atoms with Crippen molar-refractivity contribution in [2.24, 2.45) is 0 Å². The van der Waals surface area contributed by atoms with Crippen LogP contribution < -0.4 is 4.90 Å². The minimum atomic E-state index is -0.497. The van der Waals surface area contributed by atoms with Crippen LogP contribution in [0.5, 0.6) is 0 Å². The topological polar surface area (TPSA) is 97.8 Å². The van der Waals surface area contributed by atoms with Gasteiger partial charge in [-0.2, -0.15) is 0 Å². The van der Waals surface area contributed by atoms with Gasteiger partial charge in [-0.05, 0) is 19.1 Å². The summed E-state index contributed by atoms with van der Waals surface area (Å²) < 4.78 is 10.4. The molecular weight excluding hydrogens is 386 g/mol. The van der Waals surface area contributed by atoms with Gasteiger partial charge in [0, 0.05) is 37.8 Å². The number of morpholine rings is 1. The van der Waals surface area contributed by atoms with Crippen LogP contribution in [0, 0.1) is 0 Å². The Hall–Kier alpha value is -3.07. The maximum atomic E-state index is 12.6. The van der Waals surface area contributed by atoms with Gasteiger partial charge in [0.2, 0.25) is 5.91 Å². The Kier molecular flexibility index (Phi) is 6.18. The SMILES string of the molecule is CCOC(=O)CC(=O)N1CCc2nc(-c3ccccn3)nc(N3CCOCC3)c2C1. The third-order valence-corrected chi connectivity index (χ3v) is 5.20. The first kappa shape index (κ1) is 20.2. The summed E-state index contributed by atoms with van der Waals surface area (Å²) in [5, 5.41) is 0. The number of hydrogen-bond acceptors (Lipinski definition) is 8. The van der Waals surface area contributed by atoms with Crippen LogP contribution in [0.25, 0.3) is 11.5 Å². The van der Waals surface area contributed by atoms with E-state index in [1.165, 1.54) is 0 Å². The quantitative estimate of drug-likeness (QED) is 0.535. The summed E-state index contributed by atoms with van der Waals surface area (Å²) in [6.07, 6.45) is 2.08. The number of amides is 1. The van der Waals surface area contributed by atoms with Gasteiger partial charge >= 0.3 is 5.97 Å². The molecule has 0 spiro atoms. The third-order valence-electron chi connectivity index (χ3n) is 5.20. The Labute approximate surface area is 175 Å². The number of carbonyl (C=O) groups is 2. The largest absolute Gasteiger partial charge is 0.466 e. The Bertz CT molecular complexity index is 915. The van der Waals surface area contributed by atoms with Crippen LogP contribution in [-0.4, -0.2) is 71.2 Å². The van der Waals surface area contributed by atoms with Crippen LogP contribution in [-0.2, 0) is 32.0 Å². The zero-order valence-electron chi connectivity index (χ0n) is 17.0. The van der Waals surface area contributed by atoms with E-state index < -0.39 is 5.97 Å². The maximum absolute atomic E-state index is 12.6. The highest BCUT2D eigenvalue weighted by Gasteiger charge is 2.29. The van der Waals surface area contributed by atoms with Crippen LogP contribution in [0.2, 0.25) is 0 Å². The first-order chi connectivity index (χ1) is 14.7. The van der Waals surface area contributed by atoms with E-state index in [-0.39, 0.29) is 18.9 Å². The number of nitrogens with zero attached hydrogens (tertiary/aromatic N) is 5. The standard InChI is InChI=1S/C21H25N5O4/c1-2-30-19(28)13-18(27)26-8-6-16-15(14-26)21(25-9-11-29-12-10-25)24-20(23-16)17-5-3-4-7-22-17/h3-5,7H,2,6,8-14H2,1H3. The fourth-order valence-corrected chi connectivity index (χ4v) is 3.70. The van der Waals surface area contributed by atoms with Gasteiger partial charge in [0.15, 0.2) is 5.82 Å². The molecule has 0 aliphatic carbocycles. The number of fused-ring (bicyclic) bond motifs is 1. The number of anilines is 1. The van der Waals surface area contributed by atoms with E-state index in [2.05, 4.69) is 9.88 Å². The lowest BCUT2D eigenvalue weighted by Crippen LogP contribution is -2.41. The minimum absolute atomic E-state index is 0.235. The van der Waals surface area contributed by atoms with E-state index in [9.17, 15) is 9.59 Å². The zero-order valence-corrected chi connectivity index (χ0v) is 17.0. The van der Waals surface area contributed by atoms with Gasteiger partial charge in [0.1, 0.15) is 17.9 Å². The van der Waals surface area contributed by atoms with E-state index in [0.717, 1.165) is 35.9 Å². The van der Waals surface area contributed by atoms with Crippen LogP contribution in [0.1, 0.15) is 24.6 Å². The van der Waals surface area contributed by atoms with Gasteiger partial charge in [-0.25, -0.2) is 9.97 Å². The lowest BCUT2D eigenvalue weighted by molar-refractivity contribution is -0.148. The Morgan fingerprint density at radius 1 is 1.17 bits per heavy atom. The lowest BCUT2D eigenvalue weighted by atomic mass is 10.0. The summed E-state index contributed by atoms with van der Waals surface area (Å²) in [5.74, 6) is 0.670. The second kappa shape index (κ2) is 9.17. The molecule has 2 aromatic rings. The molecule has 2 aliphatic rings. The van der Waals surface area contributed by atoms with Crippen molar-refractivity contribution in [1.82, 2.24) is 19.9 Å². The first-order valence-corrected chi connectivity index (χ1v) is 10.2. The second-order valence-electron chi connectivity index (χ2n) is 7.16. The van der Waals surface area contributed by atoms with Crippen molar-refractivity contribution in [3.63, 3.8) is 0 Å². The summed E-state index contributed by atoms with van der Waals surface area (Å²) in [6, 6.07) is 5.66. The van der Waals surface area contributed by atoms with E-state index in [1.807, 2.05) is 18.2 Å². The molecule has 0 saturated carbocycles. The fraction of sp³-hybridized carbons (Fsp3) is 0.476. The highest BCUT2D eigenvalue weighted by molar-refractivity contribution is 5.94. The third kappa shape index (κ3) is 4.40. The Morgan fingerprint density at radius 3 is 2.73 bits per heavy atom. The summed E-state index contributed by atoms with van der Waals surface area (Å²) >= 11 is 0. The van der Waals surface area contributed by atoms with Gasteiger partial charge in [0.25, 0.3) is 0 Å². The van der Waals surface area contributed by atoms with Gasteiger partial charge < -0.3 is 19.3 Å². The second-order valence-corrected chi connectivity index (χ2v) is 7.16. The van der Waals surface area contributed by atoms with Crippen molar-refractivity contribution in [3.05, 3.63) is 35.7 Å². The van der Waals surface area contributed by atoms with Crippen LogP contribution in [0.4, 0.5) is 5.82 Å². The molecule has 2 aliphatic heterocycles. The predicted molar refractivity (Wildman–Crippen MR) is 109 cm³/mol.